The first-order chi connectivity index (χ1) is 10.6. The van der Waals surface area contributed by atoms with Gasteiger partial charge in [-0.25, -0.2) is 8.42 Å². The van der Waals surface area contributed by atoms with Gasteiger partial charge in [-0.2, -0.15) is 0 Å². The molecular formula is C16H12Cl4O2S. The molecule has 1 aliphatic heterocycles. The Labute approximate surface area is 155 Å². The van der Waals surface area contributed by atoms with Gasteiger partial charge in [0.1, 0.15) is 4.87 Å². The Morgan fingerprint density at radius 2 is 1.57 bits per heavy atom. The summed E-state index contributed by atoms with van der Waals surface area (Å²) in [5, 5.41) is -0.0726. The molecule has 0 amide bonds. The van der Waals surface area contributed by atoms with Gasteiger partial charge >= 0.3 is 0 Å². The number of halogens is 4. The molecule has 4 rings (SSSR count). The van der Waals surface area contributed by atoms with Crippen molar-refractivity contribution in [1.29, 1.82) is 0 Å². The average molecular weight is 410 g/mol. The summed E-state index contributed by atoms with van der Waals surface area (Å²) in [5.74, 6) is -0.950. The molecule has 2 aliphatic carbocycles. The molecule has 0 N–H and O–H groups in total. The van der Waals surface area contributed by atoms with E-state index in [0.29, 0.717) is 0 Å². The second-order valence-corrected chi connectivity index (χ2v) is 10.9. The van der Waals surface area contributed by atoms with Crippen LogP contribution in [0.3, 0.4) is 0 Å². The first-order valence-corrected chi connectivity index (χ1v) is 10.1. The first-order valence-electron chi connectivity index (χ1n) is 7.06. The quantitative estimate of drug-likeness (QED) is 0.435. The molecule has 3 aliphatic rings. The van der Waals surface area contributed by atoms with Gasteiger partial charge in [-0.3, -0.25) is 0 Å². The van der Waals surface area contributed by atoms with Crippen LogP contribution in [0, 0.1) is 0 Å². The van der Waals surface area contributed by atoms with Crippen LogP contribution in [0.25, 0.3) is 0 Å². The molecule has 1 fully saturated rings. The monoisotopic (exact) mass is 408 g/mol. The Bertz CT molecular complexity index is 929. The van der Waals surface area contributed by atoms with E-state index < -0.39 is 35.1 Å². The van der Waals surface area contributed by atoms with Gasteiger partial charge in [0.25, 0.3) is 0 Å². The summed E-state index contributed by atoms with van der Waals surface area (Å²) in [4.78, 5) is -1.47. The van der Waals surface area contributed by atoms with E-state index in [1.165, 1.54) is 0 Å². The zero-order valence-electron chi connectivity index (χ0n) is 12.2. The summed E-state index contributed by atoms with van der Waals surface area (Å²) >= 11 is 26.1. The minimum Gasteiger partial charge on any atom is -0.221 e. The molecule has 1 aromatic carbocycles. The highest BCUT2D eigenvalue weighted by atomic mass is 35.5. The van der Waals surface area contributed by atoms with E-state index in [1.807, 2.05) is 38.1 Å². The number of allylic oxidation sites excluding steroid dienone is 3. The normalized spacial score (nSPS) is 39.7. The number of benzene rings is 1. The fraction of sp³-hybridized carbons (Fsp3) is 0.375. The van der Waals surface area contributed by atoms with Crippen molar-refractivity contribution >= 4 is 56.2 Å². The average Bonchev–Trinajstić information content (AvgIpc) is 2.99. The minimum atomic E-state index is -4.04. The van der Waals surface area contributed by atoms with Crippen molar-refractivity contribution in [2.45, 2.75) is 34.8 Å². The summed E-state index contributed by atoms with van der Waals surface area (Å²) in [7, 11) is -4.04. The second kappa shape index (κ2) is 4.50. The van der Waals surface area contributed by atoms with Gasteiger partial charge in [0, 0.05) is 11.8 Å². The third-order valence-corrected chi connectivity index (χ3v) is 10.8. The topological polar surface area (TPSA) is 34.1 Å². The van der Waals surface area contributed by atoms with E-state index in [9.17, 15) is 8.42 Å². The Balaban J connectivity index is 2.20. The fourth-order valence-electron chi connectivity index (χ4n) is 4.37. The van der Waals surface area contributed by atoms with Crippen LogP contribution in [0.4, 0.5) is 0 Å². The molecule has 0 aromatic heterocycles. The van der Waals surface area contributed by atoms with Gasteiger partial charge in [-0.1, -0.05) is 70.2 Å². The summed E-state index contributed by atoms with van der Waals surface area (Å²) in [6.07, 6.45) is 0. The van der Waals surface area contributed by atoms with Crippen LogP contribution in [-0.2, 0) is 9.84 Å². The first kappa shape index (κ1) is 16.3. The fourth-order valence-corrected chi connectivity index (χ4v) is 9.02. The van der Waals surface area contributed by atoms with Crippen molar-refractivity contribution in [1.82, 2.24) is 0 Å². The van der Waals surface area contributed by atoms with Crippen LogP contribution in [0.1, 0.15) is 36.8 Å². The molecule has 2 nitrogen and oxygen atoms in total. The number of sulfone groups is 1. The highest BCUT2D eigenvalue weighted by Gasteiger charge is 2.81. The zero-order chi connectivity index (χ0) is 16.9. The SMILES string of the molecule is CC(C)=C1[C@@H]2c3ccccc3[C@@H]1[C@]1(Cl)[C@]2(Cl)C(Cl)=C(Cl)S1(=O)=O. The van der Waals surface area contributed by atoms with Crippen LogP contribution in [0.5, 0.6) is 0 Å². The molecule has 1 heterocycles. The molecule has 4 atom stereocenters. The van der Waals surface area contributed by atoms with Crippen LogP contribution >= 0.6 is 46.4 Å². The Kier molecular flexibility index (Phi) is 3.19. The van der Waals surface area contributed by atoms with E-state index in [4.69, 9.17) is 46.4 Å². The predicted octanol–water partition coefficient (Wildman–Crippen LogP) is 5.21. The van der Waals surface area contributed by atoms with Gasteiger partial charge in [0.2, 0.25) is 9.84 Å². The Morgan fingerprint density at radius 3 is 2.09 bits per heavy atom. The molecule has 1 aromatic rings. The summed E-state index contributed by atoms with van der Waals surface area (Å²) in [6, 6.07) is 7.63. The maximum atomic E-state index is 13.0. The van der Waals surface area contributed by atoms with Crippen LogP contribution in [-0.4, -0.2) is 17.5 Å². The Hall–Kier alpha value is -0.190. The maximum absolute atomic E-state index is 13.0. The molecule has 2 bridgehead atoms. The van der Waals surface area contributed by atoms with Crippen molar-refractivity contribution in [3.05, 3.63) is 55.9 Å². The molecular weight excluding hydrogens is 398 g/mol. The van der Waals surface area contributed by atoms with Gasteiger partial charge in [-0.15, -0.1) is 11.6 Å². The maximum Gasteiger partial charge on any atom is 0.213 e. The molecule has 0 spiro atoms. The highest BCUT2D eigenvalue weighted by molar-refractivity contribution is 8.00. The van der Waals surface area contributed by atoms with E-state index in [-0.39, 0.29) is 5.03 Å². The van der Waals surface area contributed by atoms with Crippen molar-refractivity contribution in [3.63, 3.8) is 0 Å². The number of hydrogen-bond donors (Lipinski definition) is 0. The van der Waals surface area contributed by atoms with Crippen molar-refractivity contribution in [2.75, 3.05) is 0 Å². The summed E-state index contributed by atoms with van der Waals surface area (Å²) in [5.41, 5.74) is 3.79. The molecule has 23 heavy (non-hydrogen) atoms. The largest absolute Gasteiger partial charge is 0.221 e. The van der Waals surface area contributed by atoms with Gasteiger partial charge < -0.3 is 0 Å². The van der Waals surface area contributed by atoms with E-state index in [2.05, 4.69) is 0 Å². The van der Waals surface area contributed by atoms with Crippen molar-refractivity contribution in [2.24, 2.45) is 0 Å². The standard InChI is InChI=1S/C16H12Cl4O2S/c1-7(2)10-11-8-5-3-4-6-9(8)12(10)16(20)15(11,19)13(17)14(18)23(16,21)22/h3-6,11-12H,1-2H3/t11-,12-,15+,16+/m0/s1. The van der Waals surface area contributed by atoms with E-state index >= 15 is 0 Å². The highest BCUT2D eigenvalue weighted by Crippen LogP contribution is 2.78. The lowest BCUT2D eigenvalue weighted by Crippen LogP contribution is -2.50. The van der Waals surface area contributed by atoms with E-state index in [0.717, 1.165) is 22.3 Å². The van der Waals surface area contributed by atoms with Gasteiger partial charge in [-0.05, 0) is 25.0 Å². The van der Waals surface area contributed by atoms with Crippen molar-refractivity contribution in [3.8, 4) is 0 Å². The molecule has 7 heteroatoms. The molecule has 0 unspecified atom stereocenters. The zero-order valence-corrected chi connectivity index (χ0v) is 16.0. The molecule has 0 radical (unpaired) electrons. The minimum absolute atomic E-state index is 0.0726. The predicted molar refractivity (Wildman–Crippen MR) is 95.1 cm³/mol. The lowest BCUT2D eigenvalue weighted by Gasteiger charge is -2.39. The Morgan fingerprint density at radius 1 is 1.04 bits per heavy atom. The number of alkyl halides is 2. The number of fused-ring (bicyclic) bond motifs is 8. The number of rotatable bonds is 0. The third-order valence-electron chi connectivity index (χ3n) is 5.20. The summed E-state index contributed by atoms with van der Waals surface area (Å²) < 4.78 is 23.7. The summed E-state index contributed by atoms with van der Waals surface area (Å²) in [6.45, 7) is 3.88. The third kappa shape index (κ3) is 1.45. The van der Waals surface area contributed by atoms with Crippen molar-refractivity contribution < 1.29 is 8.42 Å². The molecule has 1 saturated carbocycles. The lowest BCUT2D eigenvalue weighted by molar-refractivity contribution is 0.530. The van der Waals surface area contributed by atoms with Gasteiger partial charge in [0.05, 0.1) is 5.03 Å². The second-order valence-electron chi connectivity index (χ2n) is 6.40. The molecule has 0 saturated heterocycles. The molecule has 122 valence electrons. The smallest absolute Gasteiger partial charge is 0.213 e. The van der Waals surface area contributed by atoms with E-state index in [1.54, 1.807) is 0 Å². The number of hydrogen-bond acceptors (Lipinski definition) is 2. The van der Waals surface area contributed by atoms with Gasteiger partial charge in [0.15, 0.2) is 8.57 Å². The van der Waals surface area contributed by atoms with Crippen LogP contribution in [0.2, 0.25) is 0 Å². The van der Waals surface area contributed by atoms with Crippen LogP contribution in [0.15, 0.2) is 44.8 Å². The van der Waals surface area contributed by atoms with Crippen LogP contribution < -0.4 is 0 Å². The lowest BCUT2D eigenvalue weighted by atomic mass is 9.82.